The van der Waals surface area contributed by atoms with Gasteiger partial charge in [-0.2, -0.15) is 5.10 Å². The molecule has 1 atom stereocenters. The highest BCUT2D eigenvalue weighted by Gasteiger charge is 2.29. The highest BCUT2D eigenvalue weighted by atomic mass is 16.3. The van der Waals surface area contributed by atoms with Crippen molar-refractivity contribution in [2.75, 3.05) is 6.54 Å². The summed E-state index contributed by atoms with van der Waals surface area (Å²) in [6.07, 6.45) is 6.59. The largest absolute Gasteiger partial charge is 0.451 e. The van der Waals surface area contributed by atoms with Crippen molar-refractivity contribution in [2.45, 2.75) is 31.8 Å². The maximum absolute atomic E-state index is 13.0. The van der Waals surface area contributed by atoms with Crippen molar-refractivity contribution in [1.29, 1.82) is 0 Å². The van der Waals surface area contributed by atoms with Crippen LogP contribution in [-0.2, 0) is 6.54 Å². The van der Waals surface area contributed by atoms with Crippen molar-refractivity contribution in [3.8, 4) is 0 Å². The number of carbonyl (C=O) groups excluding carboxylic acids is 1. The van der Waals surface area contributed by atoms with E-state index >= 15 is 0 Å². The van der Waals surface area contributed by atoms with Crippen LogP contribution in [-0.4, -0.2) is 33.2 Å². The Morgan fingerprint density at radius 3 is 2.96 bits per heavy atom. The summed E-state index contributed by atoms with van der Waals surface area (Å²) in [7, 11) is 0. The zero-order chi connectivity index (χ0) is 17.2. The van der Waals surface area contributed by atoms with Gasteiger partial charge in [-0.3, -0.25) is 14.3 Å². The van der Waals surface area contributed by atoms with E-state index in [1.54, 1.807) is 30.5 Å². The third kappa shape index (κ3) is 3.07. The van der Waals surface area contributed by atoms with E-state index in [1.807, 2.05) is 21.8 Å². The van der Waals surface area contributed by atoms with Gasteiger partial charge in [-0.05, 0) is 37.5 Å². The Bertz CT molecular complexity index is 946. The van der Waals surface area contributed by atoms with E-state index in [2.05, 4.69) is 5.10 Å². The zero-order valence-corrected chi connectivity index (χ0v) is 13.8. The number of piperidine rings is 1. The zero-order valence-electron chi connectivity index (χ0n) is 13.8. The molecule has 2 aromatic heterocycles. The molecule has 1 saturated heterocycles. The number of rotatable bonds is 3. The Labute approximate surface area is 144 Å². The third-order valence-corrected chi connectivity index (χ3v) is 4.69. The van der Waals surface area contributed by atoms with Crippen LogP contribution in [0.5, 0.6) is 0 Å². The molecule has 6 heteroatoms. The number of carbonyl (C=O) groups is 1. The number of aromatic nitrogens is 2. The lowest BCUT2D eigenvalue weighted by molar-refractivity contribution is 0.0552. The summed E-state index contributed by atoms with van der Waals surface area (Å²) in [5.41, 5.74) is 0.254. The second kappa shape index (κ2) is 6.55. The van der Waals surface area contributed by atoms with Crippen LogP contribution in [0.1, 0.15) is 29.8 Å². The van der Waals surface area contributed by atoms with E-state index in [-0.39, 0.29) is 23.1 Å². The number of benzene rings is 1. The molecule has 3 aromatic rings. The molecule has 0 saturated carbocycles. The van der Waals surface area contributed by atoms with Crippen LogP contribution in [0.2, 0.25) is 0 Å². The molecule has 1 fully saturated rings. The van der Waals surface area contributed by atoms with Crippen LogP contribution in [0.25, 0.3) is 11.0 Å². The van der Waals surface area contributed by atoms with Crippen molar-refractivity contribution in [2.24, 2.45) is 0 Å². The second-order valence-electron chi connectivity index (χ2n) is 6.35. The van der Waals surface area contributed by atoms with E-state index in [0.717, 1.165) is 19.3 Å². The van der Waals surface area contributed by atoms with Gasteiger partial charge >= 0.3 is 0 Å². The molecule has 0 bridgehead atoms. The summed E-state index contributed by atoms with van der Waals surface area (Å²) in [6, 6.07) is 10.2. The molecule has 0 spiro atoms. The maximum Gasteiger partial charge on any atom is 0.290 e. The fourth-order valence-electron chi connectivity index (χ4n) is 3.43. The molecule has 128 valence electrons. The molecular weight excluding hydrogens is 318 g/mol. The standard InChI is InChI=1S/C19H19N3O3/c23-16-12-18(25-17-8-2-1-7-15(16)17)19(24)22-11-4-3-6-14(22)13-21-10-5-9-20-21/h1-2,5,7-10,12,14H,3-4,6,11,13H2. The van der Waals surface area contributed by atoms with Crippen LogP contribution in [0.3, 0.4) is 0 Å². The van der Waals surface area contributed by atoms with Crippen molar-refractivity contribution in [3.63, 3.8) is 0 Å². The topological polar surface area (TPSA) is 68.3 Å². The van der Waals surface area contributed by atoms with Crippen LogP contribution in [0, 0.1) is 0 Å². The van der Waals surface area contributed by atoms with E-state index in [4.69, 9.17) is 4.42 Å². The van der Waals surface area contributed by atoms with Gasteiger partial charge in [0.2, 0.25) is 0 Å². The monoisotopic (exact) mass is 337 g/mol. The Morgan fingerprint density at radius 1 is 1.24 bits per heavy atom. The second-order valence-corrected chi connectivity index (χ2v) is 6.35. The Morgan fingerprint density at radius 2 is 2.12 bits per heavy atom. The van der Waals surface area contributed by atoms with Crippen molar-refractivity contribution in [3.05, 3.63) is 64.8 Å². The van der Waals surface area contributed by atoms with Gasteiger partial charge in [-0.15, -0.1) is 0 Å². The normalized spacial score (nSPS) is 17.8. The predicted molar refractivity (Wildman–Crippen MR) is 93.4 cm³/mol. The van der Waals surface area contributed by atoms with Crippen molar-refractivity contribution < 1.29 is 9.21 Å². The molecular formula is C19H19N3O3. The average Bonchev–Trinajstić information content (AvgIpc) is 3.15. The molecule has 1 unspecified atom stereocenters. The van der Waals surface area contributed by atoms with Gasteiger partial charge in [0, 0.05) is 25.0 Å². The molecule has 4 rings (SSSR count). The fraction of sp³-hybridized carbons (Fsp3) is 0.316. The number of likely N-dealkylation sites (tertiary alicyclic amines) is 1. The molecule has 0 radical (unpaired) electrons. The predicted octanol–water partition coefficient (Wildman–Crippen LogP) is 2.68. The van der Waals surface area contributed by atoms with E-state index in [0.29, 0.717) is 24.1 Å². The van der Waals surface area contributed by atoms with Gasteiger partial charge in [-0.1, -0.05) is 12.1 Å². The highest BCUT2D eigenvalue weighted by Crippen LogP contribution is 2.22. The quantitative estimate of drug-likeness (QED) is 0.737. The lowest BCUT2D eigenvalue weighted by Gasteiger charge is -2.35. The van der Waals surface area contributed by atoms with E-state index < -0.39 is 0 Å². The first-order chi connectivity index (χ1) is 12.2. The molecule has 25 heavy (non-hydrogen) atoms. The molecule has 3 heterocycles. The van der Waals surface area contributed by atoms with E-state index in [9.17, 15) is 9.59 Å². The summed E-state index contributed by atoms with van der Waals surface area (Å²) in [4.78, 5) is 27.1. The van der Waals surface area contributed by atoms with Crippen LogP contribution >= 0.6 is 0 Å². The van der Waals surface area contributed by atoms with Crippen LogP contribution in [0.15, 0.2) is 58.0 Å². The van der Waals surface area contributed by atoms with Gasteiger partial charge in [0.1, 0.15) is 5.58 Å². The number of para-hydroxylation sites is 1. The molecule has 1 amide bonds. The smallest absolute Gasteiger partial charge is 0.290 e. The summed E-state index contributed by atoms with van der Waals surface area (Å²) in [5.74, 6) is -0.115. The summed E-state index contributed by atoms with van der Waals surface area (Å²) in [6.45, 7) is 1.32. The first-order valence-corrected chi connectivity index (χ1v) is 8.54. The SMILES string of the molecule is O=C(c1cc(=O)c2ccccc2o1)N1CCCCC1Cn1cccn1. The summed E-state index contributed by atoms with van der Waals surface area (Å²) < 4.78 is 7.57. The van der Waals surface area contributed by atoms with Crippen LogP contribution in [0.4, 0.5) is 0 Å². The minimum atomic E-state index is -0.222. The third-order valence-electron chi connectivity index (χ3n) is 4.69. The fourth-order valence-corrected chi connectivity index (χ4v) is 3.43. The molecule has 0 N–H and O–H groups in total. The Balaban J connectivity index is 1.65. The van der Waals surface area contributed by atoms with Gasteiger partial charge < -0.3 is 9.32 Å². The highest BCUT2D eigenvalue weighted by molar-refractivity contribution is 5.93. The van der Waals surface area contributed by atoms with Crippen LogP contribution < -0.4 is 5.43 Å². The first-order valence-electron chi connectivity index (χ1n) is 8.54. The molecule has 1 aliphatic heterocycles. The van der Waals surface area contributed by atoms with Crippen molar-refractivity contribution in [1.82, 2.24) is 14.7 Å². The lowest BCUT2D eigenvalue weighted by atomic mass is 10.0. The number of fused-ring (bicyclic) bond motifs is 1. The summed E-state index contributed by atoms with van der Waals surface area (Å²) >= 11 is 0. The minimum absolute atomic E-state index is 0.0536. The number of hydrogen-bond acceptors (Lipinski definition) is 4. The van der Waals surface area contributed by atoms with Gasteiger partial charge in [-0.25, -0.2) is 0 Å². The van der Waals surface area contributed by atoms with E-state index in [1.165, 1.54) is 6.07 Å². The average molecular weight is 337 g/mol. The van der Waals surface area contributed by atoms with Gasteiger partial charge in [0.15, 0.2) is 11.2 Å². The number of amides is 1. The number of hydrogen-bond donors (Lipinski definition) is 0. The minimum Gasteiger partial charge on any atom is -0.451 e. The molecule has 1 aliphatic rings. The number of nitrogens with zero attached hydrogens (tertiary/aromatic N) is 3. The van der Waals surface area contributed by atoms with Gasteiger partial charge in [0.05, 0.1) is 18.0 Å². The Hall–Kier alpha value is -2.89. The maximum atomic E-state index is 13.0. The molecule has 6 nitrogen and oxygen atoms in total. The Kier molecular flexibility index (Phi) is 4.09. The lowest BCUT2D eigenvalue weighted by Crippen LogP contribution is -2.46. The van der Waals surface area contributed by atoms with Gasteiger partial charge in [0.25, 0.3) is 5.91 Å². The summed E-state index contributed by atoms with van der Waals surface area (Å²) in [5, 5.41) is 4.73. The first kappa shape index (κ1) is 15.6. The van der Waals surface area contributed by atoms with Crippen molar-refractivity contribution >= 4 is 16.9 Å². The molecule has 0 aliphatic carbocycles. The molecule has 1 aromatic carbocycles.